The van der Waals surface area contributed by atoms with Gasteiger partial charge >= 0.3 is 0 Å². The van der Waals surface area contributed by atoms with E-state index in [9.17, 15) is 4.39 Å². The number of hydrogen-bond acceptors (Lipinski definition) is 5. The molecule has 25 heavy (non-hydrogen) atoms. The van der Waals surface area contributed by atoms with Crippen LogP contribution in [0, 0.1) is 5.82 Å². The van der Waals surface area contributed by atoms with Crippen LogP contribution in [-0.4, -0.2) is 21.6 Å². The lowest BCUT2D eigenvalue weighted by molar-refractivity contribution is 0.200. The summed E-state index contributed by atoms with van der Waals surface area (Å²) in [5.41, 5.74) is 7.11. The predicted octanol–water partition coefficient (Wildman–Crippen LogP) is 3.70. The van der Waals surface area contributed by atoms with Gasteiger partial charge in [0.1, 0.15) is 5.82 Å². The van der Waals surface area contributed by atoms with Crippen LogP contribution in [0.4, 0.5) is 4.39 Å². The molecule has 2 heterocycles. The largest absolute Gasteiger partial charge is 0.338 e. The lowest BCUT2D eigenvalue weighted by atomic mass is 9.98. The summed E-state index contributed by atoms with van der Waals surface area (Å²) in [5, 5.41) is 4.18. The SMILES string of the molecule is Cl.NC1(c2noc(C3CCCN3Cc3ccc(F)cc3)n2)CCCC1. The van der Waals surface area contributed by atoms with E-state index >= 15 is 0 Å². The van der Waals surface area contributed by atoms with Gasteiger partial charge in [-0.2, -0.15) is 4.98 Å². The van der Waals surface area contributed by atoms with E-state index in [1.54, 1.807) is 0 Å². The molecule has 1 aromatic carbocycles. The van der Waals surface area contributed by atoms with Crippen LogP contribution in [0.15, 0.2) is 28.8 Å². The van der Waals surface area contributed by atoms with E-state index in [0.717, 1.165) is 57.2 Å². The number of rotatable bonds is 4. The highest BCUT2D eigenvalue weighted by Gasteiger charge is 2.38. The normalized spacial score (nSPS) is 22.9. The lowest BCUT2D eigenvalue weighted by Gasteiger charge is -2.21. The molecule has 1 unspecified atom stereocenters. The highest BCUT2D eigenvalue weighted by Crippen LogP contribution is 2.37. The number of likely N-dealkylation sites (tertiary alicyclic amines) is 1. The Balaban J connectivity index is 0.00000182. The molecule has 1 aliphatic carbocycles. The van der Waals surface area contributed by atoms with E-state index in [4.69, 9.17) is 10.3 Å². The van der Waals surface area contributed by atoms with Crippen molar-refractivity contribution in [1.29, 1.82) is 0 Å². The molecular weight excluding hydrogens is 343 g/mol. The highest BCUT2D eigenvalue weighted by atomic mass is 35.5. The zero-order valence-corrected chi connectivity index (χ0v) is 15.0. The summed E-state index contributed by atoms with van der Waals surface area (Å²) >= 11 is 0. The summed E-state index contributed by atoms with van der Waals surface area (Å²) in [6, 6.07) is 6.79. The van der Waals surface area contributed by atoms with Gasteiger partial charge < -0.3 is 10.3 Å². The summed E-state index contributed by atoms with van der Waals surface area (Å²) in [6.07, 6.45) is 6.20. The van der Waals surface area contributed by atoms with E-state index in [1.165, 1.54) is 12.1 Å². The minimum absolute atomic E-state index is 0. The second kappa shape index (κ2) is 7.40. The first-order chi connectivity index (χ1) is 11.6. The Morgan fingerprint density at radius 3 is 2.64 bits per heavy atom. The Morgan fingerprint density at radius 2 is 1.92 bits per heavy atom. The monoisotopic (exact) mass is 366 g/mol. The fraction of sp³-hybridized carbons (Fsp3) is 0.556. The van der Waals surface area contributed by atoms with Crippen molar-refractivity contribution in [1.82, 2.24) is 15.0 Å². The molecule has 2 fully saturated rings. The van der Waals surface area contributed by atoms with Crippen LogP contribution >= 0.6 is 12.4 Å². The average molecular weight is 367 g/mol. The molecule has 0 bridgehead atoms. The summed E-state index contributed by atoms with van der Waals surface area (Å²) in [5.74, 6) is 1.12. The summed E-state index contributed by atoms with van der Waals surface area (Å²) in [4.78, 5) is 6.97. The van der Waals surface area contributed by atoms with E-state index in [2.05, 4.69) is 15.0 Å². The minimum atomic E-state index is -0.415. The van der Waals surface area contributed by atoms with Crippen molar-refractivity contribution in [2.24, 2.45) is 5.73 Å². The first-order valence-corrected chi connectivity index (χ1v) is 8.75. The van der Waals surface area contributed by atoms with Crippen molar-refractivity contribution in [3.63, 3.8) is 0 Å². The molecule has 2 aliphatic rings. The van der Waals surface area contributed by atoms with Crippen LogP contribution < -0.4 is 5.73 Å². The van der Waals surface area contributed by atoms with Crippen molar-refractivity contribution >= 4 is 12.4 Å². The van der Waals surface area contributed by atoms with Crippen LogP contribution in [0.2, 0.25) is 0 Å². The third-order valence-electron chi connectivity index (χ3n) is 5.33. The Kier molecular flexibility index (Phi) is 5.41. The molecular formula is C18H24ClFN4O. The van der Waals surface area contributed by atoms with E-state index in [0.29, 0.717) is 11.7 Å². The van der Waals surface area contributed by atoms with Gasteiger partial charge in [-0.3, -0.25) is 4.90 Å². The number of aromatic nitrogens is 2. The van der Waals surface area contributed by atoms with Crippen LogP contribution in [0.1, 0.15) is 61.8 Å². The molecule has 1 atom stereocenters. The van der Waals surface area contributed by atoms with Crippen LogP contribution in [0.3, 0.4) is 0 Å². The zero-order chi connectivity index (χ0) is 16.6. The first-order valence-electron chi connectivity index (χ1n) is 8.75. The van der Waals surface area contributed by atoms with Gasteiger partial charge in [0.05, 0.1) is 11.6 Å². The van der Waals surface area contributed by atoms with Crippen molar-refractivity contribution < 1.29 is 8.91 Å². The average Bonchev–Trinajstić information content (AvgIpc) is 3.30. The maximum Gasteiger partial charge on any atom is 0.244 e. The molecule has 0 radical (unpaired) electrons. The number of benzene rings is 1. The Morgan fingerprint density at radius 1 is 1.20 bits per heavy atom. The number of nitrogens with zero attached hydrogens (tertiary/aromatic N) is 3. The van der Waals surface area contributed by atoms with E-state index in [-0.39, 0.29) is 24.3 Å². The molecule has 2 N–H and O–H groups in total. The molecule has 1 aromatic heterocycles. The van der Waals surface area contributed by atoms with Gasteiger partial charge in [0.2, 0.25) is 5.89 Å². The summed E-state index contributed by atoms with van der Waals surface area (Å²) in [7, 11) is 0. The fourth-order valence-electron chi connectivity index (χ4n) is 3.92. The van der Waals surface area contributed by atoms with Crippen molar-refractivity contribution in [2.45, 2.75) is 56.7 Å². The van der Waals surface area contributed by atoms with Crippen LogP contribution in [0.5, 0.6) is 0 Å². The standard InChI is InChI=1S/C18H23FN4O.ClH/c19-14-7-5-13(6-8-14)12-23-11-3-4-15(23)16-21-17(22-24-16)18(20)9-1-2-10-18;/h5-8,15H,1-4,9-12,20H2;1H. The zero-order valence-electron chi connectivity index (χ0n) is 14.2. The first kappa shape index (κ1) is 18.3. The number of nitrogens with two attached hydrogens (primary N) is 1. The van der Waals surface area contributed by atoms with E-state index in [1.807, 2.05) is 12.1 Å². The van der Waals surface area contributed by atoms with E-state index < -0.39 is 5.54 Å². The second-order valence-corrected chi connectivity index (χ2v) is 7.07. The van der Waals surface area contributed by atoms with Crippen molar-refractivity contribution in [3.05, 3.63) is 47.4 Å². The summed E-state index contributed by atoms with van der Waals surface area (Å²) < 4.78 is 18.6. The molecule has 1 saturated carbocycles. The molecule has 7 heteroatoms. The second-order valence-electron chi connectivity index (χ2n) is 7.07. The molecule has 136 valence electrons. The molecule has 5 nitrogen and oxygen atoms in total. The van der Waals surface area contributed by atoms with Crippen LogP contribution in [0.25, 0.3) is 0 Å². The third-order valence-corrected chi connectivity index (χ3v) is 5.33. The molecule has 0 amide bonds. The molecule has 4 rings (SSSR count). The Bertz CT molecular complexity index is 699. The van der Waals surface area contributed by atoms with Gasteiger partial charge in [0, 0.05) is 6.54 Å². The predicted molar refractivity (Wildman–Crippen MR) is 94.7 cm³/mol. The summed E-state index contributed by atoms with van der Waals surface area (Å²) in [6.45, 7) is 1.74. The smallest absolute Gasteiger partial charge is 0.244 e. The Labute approximate surface area is 153 Å². The van der Waals surface area contributed by atoms with Crippen molar-refractivity contribution in [3.8, 4) is 0 Å². The highest BCUT2D eigenvalue weighted by molar-refractivity contribution is 5.85. The third kappa shape index (κ3) is 3.71. The fourth-order valence-corrected chi connectivity index (χ4v) is 3.92. The van der Waals surface area contributed by atoms with Crippen LogP contribution in [-0.2, 0) is 12.1 Å². The van der Waals surface area contributed by atoms with Crippen molar-refractivity contribution in [2.75, 3.05) is 6.54 Å². The van der Waals surface area contributed by atoms with Gasteiger partial charge in [-0.05, 0) is 49.9 Å². The molecule has 2 aromatic rings. The maximum atomic E-state index is 13.1. The van der Waals surface area contributed by atoms with Gasteiger partial charge in [0.15, 0.2) is 5.82 Å². The molecule has 1 saturated heterocycles. The Hall–Kier alpha value is -1.50. The number of hydrogen-bond donors (Lipinski definition) is 1. The molecule has 1 aliphatic heterocycles. The van der Waals surface area contributed by atoms with Gasteiger partial charge in [0.25, 0.3) is 0 Å². The van der Waals surface area contributed by atoms with Gasteiger partial charge in [-0.15, -0.1) is 12.4 Å². The molecule has 0 spiro atoms. The maximum absolute atomic E-state index is 13.1. The van der Waals surface area contributed by atoms with Gasteiger partial charge in [-0.1, -0.05) is 30.1 Å². The minimum Gasteiger partial charge on any atom is -0.338 e. The lowest BCUT2D eigenvalue weighted by Crippen LogP contribution is -2.34. The number of halogens is 2. The van der Waals surface area contributed by atoms with Gasteiger partial charge in [-0.25, -0.2) is 4.39 Å². The quantitative estimate of drug-likeness (QED) is 0.893. The topological polar surface area (TPSA) is 68.2 Å².